The summed E-state index contributed by atoms with van der Waals surface area (Å²) in [5.41, 5.74) is 0. The highest BCUT2D eigenvalue weighted by molar-refractivity contribution is 5.80. The molecule has 3 aliphatic heterocycles. The van der Waals surface area contributed by atoms with Gasteiger partial charge in [0.25, 0.3) is 5.91 Å². The largest absolute Gasteiger partial charge is 0.490 e. The molecule has 160 valence electrons. The molecule has 0 aromatic rings. The number of fused-ring (bicyclic) bond motifs is 1. The van der Waals surface area contributed by atoms with E-state index in [1.165, 1.54) is 32.2 Å². The minimum Gasteiger partial charge on any atom is -0.475 e. The van der Waals surface area contributed by atoms with Crippen molar-refractivity contribution in [3.8, 4) is 0 Å². The molecule has 0 aromatic carbocycles. The normalized spacial score (nSPS) is 31.4. The van der Waals surface area contributed by atoms with Crippen LogP contribution in [0.3, 0.4) is 0 Å². The number of carboxylic acids is 1. The number of nitrogens with zero attached hydrogens (tertiary/aromatic N) is 2. The van der Waals surface area contributed by atoms with Gasteiger partial charge in [0.15, 0.2) is 0 Å². The monoisotopic (exact) mass is 408 g/mol. The van der Waals surface area contributed by atoms with E-state index in [1.807, 2.05) is 0 Å². The van der Waals surface area contributed by atoms with Crippen molar-refractivity contribution in [1.82, 2.24) is 9.96 Å². The summed E-state index contributed by atoms with van der Waals surface area (Å²) in [6.07, 6.45) is 3.16. The Bertz CT molecular complexity index is 564. The Morgan fingerprint density at radius 3 is 2.29 bits per heavy atom. The minimum atomic E-state index is -5.08. The van der Waals surface area contributed by atoms with E-state index in [0.717, 1.165) is 38.4 Å². The van der Waals surface area contributed by atoms with Crippen LogP contribution in [-0.4, -0.2) is 77.6 Å². The minimum absolute atomic E-state index is 0.0549. The van der Waals surface area contributed by atoms with E-state index in [0.29, 0.717) is 12.5 Å². The van der Waals surface area contributed by atoms with E-state index < -0.39 is 12.1 Å². The number of hydrogen-bond donors (Lipinski definition) is 1. The summed E-state index contributed by atoms with van der Waals surface area (Å²) < 4.78 is 37.9. The molecule has 1 N–H and O–H groups in total. The van der Waals surface area contributed by atoms with Gasteiger partial charge in [-0.15, -0.1) is 0 Å². The van der Waals surface area contributed by atoms with Crippen LogP contribution in [0.1, 0.15) is 44.9 Å². The number of ether oxygens (including phenoxy) is 1. The Morgan fingerprint density at radius 2 is 1.75 bits per heavy atom. The number of carbonyl (C=O) groups excluding carboxylic acids is 1. The van der Waals surface area contributed by atoms with Gasteiger partial charge in [-0.05, 0) is 51.0 Å². The standard InChI is InChI=1S/C16H26N2O3.C2HF3O2/c19-16(18-7-1-2-9-20-18)14-10-12-6-8-17(11-15(12)21-14)13-4-3-5-13;3-2(4,5)1(6)7/h12-15H,1-11H2;(H,6,7)/t12-,14+,15+;/m0./s1. The molecule has 1 aliphatic carbocycles. The fourth-order valence-electron chi connectivity index (χ4n) is 4.13. The van der Waals surface area contributed by atoms with Crippen molar-refractivity contribution >= 4 is 11.9 Å². The van der Waals surface area contributed by atoms with Crippen LogP contribution in [0.2, 0.25) is 0 Å². The summed E-state index contributed by atoms with van der Waals surface area (Å²) in [6.45, 7) is 3.61. The van der Waals surface area contributed by atoms with E-state index in [-0.39, 0.29) is 18.1 Å². The fraction of sp³-hybridized carbons (Fsp3) is 0.889. The first-order chi connectivity index (χ1) is 13.3. The molecule has 4 aliphatic rings. The number of alkyl halides is 3. The van der Waals surface area contributed by atoms with Gasteiger partial charge in [0, 0.05) is 19.1 Å². The number of hydrogen-bond acceptors (Lipinski definition) is 5. The lowest BCUT2D eigenvalue weighted by Crippen LogP contribution is -2.49. The topological polar surface area (TPSA) is 79.3 Å². The third-order valence-corrected chi connectivity index (χ3v) is 5.94. The third-order valence-electron chi connectivity index (χ3n) is 5.94. The van der Waals surface area contributed by atoms with Crippen LogP contribution < -0.4 is 0 Å². The molecule has 0 unspecified atom stereocenters. The Kier molecular flexibility index (Phi) is 6.82. The quantitative estimate of drug-likeness (QED) is 0.755. The van der Waals surface area contributed by atoms with E-state index >= 15 is 0 Å². The second-order valence-corrected chi connectivity index (χ2v) is 7.81. The molecule has 7 nitrogen and oxygen atoms in total. The smallest absolute Gasteiger partial charge is 0.475 e. The van der Waals surface area contributed by atoms with Gasteiger partial charge in [0.05, 0.1) is 12.7 Å². The van der Waals surface area contributed by atoms with Gasteiger partial charge in [0.1, 0.15) is 6.10 Å². The van der Waals surface area contributed by atoms with E-state index in [4.69, 9.17) is 19.5 Å². The van der Waals surface area contributed by atoms with E-state index in [1.54, 1.807) is 5.06 Å². The predicted molar refractivity (Wildman–Crippen MR) is 91.2 cm³/mol. The van der Waals surface area contributed by atoms with Crippen LogP contribution in [0, 0.1) is 5.92 Å². The average molecular weight is 408 g/mol. The number of hydroxylamine groups is 2. The van der Waals surface area contributed by atoms with E-state index in [9.17, 15) is 18.0 Å². The van der Waals surface area contributed by atoms with Crippen molar-refractivity contribution in [2.75, 3.05) is 26.2 Å². The van der Waals surface area contributed by atoms with Crippen molar-refractivity contribution < 1.29 is 37.4 Å². The molecule has 3 atom stereocenters. The highest BCUT2D eigenvalue weighted by Crippen LogP contribution is 2.37. The lowest BCUT2D eigenvalue weighted by molar-refractivity contribution is -0.206. The number of likely N-dealkylation sites (tertiary alicyclic amines) is 1. The second kappa shape index (κ2) is 8.96. The molecule has 4 rings (SSSR count). The molecule has 28 heavy (non-hydrogen) atoms. The lowest BCUT2D eigenvalue weighted by Gasteiger charge is -2.43. The molecular formula is C18H27F3N2O5. The molecule has 0 aromatic heterocycles. The van der Waals surface area contributed by atoms with Crippen LogP contribution >= 0.6 is 0 Å². The van der Waals surface area contributed by atoms with Gasteiger partial charge in [-0.25, -0.2) is 9.86 Å². The second-order valence-electron chi connectivity index (χ2n) is 7.81. The molecule has 10 heteroatoms. The summed E-state index contributed by atoms with van der Waals surface area (Å²) in [5.74, 6) is -2.13. The van der Waals surface area contributed by atoms with Crippen LogP contribution in [0.15, 0.2) is 0 Å². The van der Waals surface area contributed by atoms with Crippen LogP contribution in [0.5, 0.6) is 0 Å². The Hall–Kier alpha value is -1.39. The number of piperidine rings is 1. The lowest BCUT2D eigenvalue weighted by atomic mass is 9.86. The third kappa shape index (κ3) is 5.15. The summed E-state index contributed by atoms with van der Waals surface area (Å²) in [4.78, 5) is 29.5. The van der Waals surface area contributed by atoms with Crippen LogP contribution in [-0.2, 0) is 19.2 Å². The number of aliphatic carboxylic acids is 1. The summed E-state index contributed by atoms with van der Waals surface area (Å²) in [5, 5.41) is 8.68. The predicted octanol–water partition coefficient (Wildman–Crippen LogP) is 2.21. The van der Waals surface area contributed by atoms with Gasteiger partial charge in [-0.2, -0.15) is 13.2 Å². The Morgan fingerprint density at radius 1 is 1.04 bits per heavy atom. The van der Waals surface area contributed by atoms with Crippen molar-refractivity contribution in [3.63, 3.8) is 0 Å². The van der Waals surface area contributed by atoms with Gasteiger partial charge in [0.2, 0.25) is 0 Å². The van der Waals surface area contributed by atoms with Crippen LogP contribution in [0.4, 0.5) is 13.2 Å². The molecule has 1 amide bonds. The Labute approximate surface area is 161 Å². The molecule has 3 heterocycles. The molecule has 3 saturated heterocycles. The van der Waals surface area contributed by atoms with Crippen molar-refractivity contribution in [1.29, 1.82) is 0 Å². The number of rotatable bonds is 2. The maximum atomic E-state index is 12.5. The van der Waals surface area contributed by atoms with Crippen molar-refractivity contribution in [3.05, 3.63) is 0 Å². The highest BCUT2D eigenvalue weighted by Gasteiger charge is 2.45. The van der Waals surface area contributed by atoms with E-state index in [2.05, 4.69) is 4.90 Å². The maximum Gasteiger partial charge on any atom is 0.490 e. The first-order valence-electron chi connectivity index (χ1n) is 9.89. The first kappa shape index (κ1) is 21.3. The zero-order chi connectivity index (χ0) is 20.3. The number of carbonyl (C=O) groups is 2. The molecule has 1 saturated carbocycles. The molecule has 0 spiro atoms. The number of amides is 1. The maximum absolute atomic E-state index is 12.5. The molecule has 0 bridgehead atoms. The first-order valence-corrected chi connectivity index (χ1v) is 9.89. The Balaban J connectivity index is 0.000000279. The van der Waals surface area contributed by atoms with Crippen molar-refractivity contribution in [2.24, 2.45) is 5.92 Å². The SMILES string of the molecule is O=C(O)C(F)(F)F.O=C([C@H]1C[C@@H]2CCN(C3CCC3)C[C@H]2O1)N1CCCCO1. The molecule has 4 fully saturated rings. The summed E-state index contributed by atoms with van der Waals surface area (Å²) >= 11 is 0. The number of halogens is 3. The molecular weight excluding hydrogens is 381 g/mol. The van der Waals surface area contributed by atoms with Gasteiger partial charge < -0.3 is 9.84 Å². The highest BCUT2D eigenvalue weighted by atomic mass is 19.4. The van der Waals surface area contributed by atoms with Gasteiger partial charge in [-0.3, -0.25) is 14.5 Å². The summed E-state index contributed by atoms with van der Waals surface area (Å²) in [6, 6.07) is 0.787. The zero-order valence-electron chi connectivity index (χ0n) is 15.7. The van der Waals surface area contributed by atoms with Gasteiger partial charge in [-0.1, -0.05) is 6.42 Å². The zero-order valence-corrected chi connectivity index (χ0v) is 15.7. The number of carboxylic acid groups (broad SMARTS) is 1. The van der Waals surface area contributed by atoms with Crippen LogP contribution in [0.25, 0.3) is 0 Å². The van der Waals surface area contributed by atoms with Gasteiger partial charge >= 0.3 is 12.1 Å². The average Bonchev–Trinajstić information content (AvgIpc) is 3.03. The summed E-state index contributed by atoms with van der Waals surface area (Å²) in [7, 11) is 0. The van der Waals surface area contributed by atoms with Crippen molar-refractivity contribution in [2.45, 2.75) is 69.4 Å². The molecule has 0 radical (unpaired) electrons. The fourth-order valence-corrected chi connectivity index (χ4v) is 4.13.